The van der Waals surface area contributed by atoms with Gasteiger partial charge < -0.3 is 19.9 Å². The summed E-state index contributed by atoms with van der Waals surface area (Å²) in [6, 6.07) is 4.48. The lowest BCUT2D eigenvalue weighted by Gasteiger charge is -2.28. The summed E-state index contributed by atoms with van der Waals surface area (Å²) in [7, 11) is 0.642. The number of rotatable bonds is 5. The minimum atomic E-state index is -5.48. The predicted molar refractivity (Wildman–Crippen MR) is 72.8 cm³/mol. The summed E-state index contributed by atoms with van der Waals surface area (Å²) >= 11 is 0. The lowest BCUT2D eigenvalue weighted by molar-refractivity contribution is -0.267. The number of para-hydroxylation sites is 2. The molecular weight excluding hydrogens is 321 g/mol. The molecule has 0 aliphatic rings. The Labute approximate surface area is 129 Å². The second kappa shape index (κ2) is 7.18. The summed E-state index contributed by atoms with van der Waals surface area (Å²) in [5, 5.41) is 12.6. The molecule has 1 rings (SSSR count). The minimum Gasteiger partial charge on any atom is -0.492 e. The Bertz CT molecular complexity index is 579. The van der Waals surface area contributed by atoms with Crippen molar-refractivity contribution in [3.8, 4) is 5.75 Å². The lowest BCUT2D eigenvalue weighted by Crippen LogP contribution is -2.65. The number of hydrogen-bond donors (Lipinski definition) is 3. The van der Waals surface area contributed by atoms with E-state index in [0.29, 0.717) is 7.11 Å². The van der Waals surface area contributed by atoms with Crippen LogP contribution < -0.4 is 15.4 Å². The normalized spacial score (nSPS) is 13.7. The average molecular weight is 336 g/mol. The van der Waals surface area contributed by atoms with Gasteiger partial charge >= 0.3 is 23.9 Å². The monoisotopic (exact) mass is 336 g/mol. The van der Waals surface area contributed by atoms with Gasteiger partial charge in [0.15, 0.2) is 0 Å². The molecule has 0 bridgehead atoms. The van der Waals surface area contributed by atoms with Crippen LogP contribution in [0.15, 0.2) is 24.3 Å². The molecule has 128 valence electrons. The van der Waals surface area contributed by atoms with Gasteiger partial charge in [-0.1, -0.05) is 12.1 Å². The third-order valence-electron chi connectivity index (χ3n) is 2.62. The first-order chi connectivity index (χ1) is 10.7. The highest BCUT2D eigenvalue weighted by Gasteiger charge is 2.62. The molecule has 1 aromatic rings. The van der Waals surface area contributed by atoms with Gasteiger partial charge in [-0.15, -0.1) is 0 Å². The zero-order chi connectivity index (χ0) is 17.7. The minimum absolute atomic E-state index is 0.0567. The number of esters is 1. The average Bonchev–Trinajstić information content (AvgIpc) is 2.47. The summed E-state index contributed by atoms with van der Waals surface area (Å²) in [5.74, 6) is -1.86. The number of carbonyl (C=O) groups is 2. The molecule has 3 N–H and O–H groups in total. The molecule has 7 nitrogen and oxygen atoms in total. The number of aliphatic hydroxyl groups is 1. The van der Waals surface area contributed by atoms with E-state index in [2.05, 4.69) is 10.1 Å². The summed E-state index contributed by atoms with van der Waals surface area (Å²) in [6.07, 6.45) is -5.48. The number of alkyl halides is 3. The maximum Gasteiger partial charge on any atom is 0.448 e. The number of methoxy groups -OCH3 is 1. The van der Waals surface area contributed by atoms with Gasteiger partial charge in [0.05, 0.1) is 19.4 Å². The molecule has 0 saturated carbocycles. The number of amides is 2. The highest BCUT2D eigenvalue weighted by molar-refractivity contribution is 5.95. The van der Waals surface area contributed by atoms with Crippen molar-refractivity contribution >= 4 is 17.7 Å². The first kappa shape index (κ1) is 18.6. The Morgan fingerprint density at radius 2 is 1.87 bits per heavy atom. The number of urea groups is 1. The van der Waals surface area contributed by atoms with Crippen LogP contribution in [0.4, 0.5) is 23.7 Å². The topological polar surface area (TPSA) is 96.9 Å². The third-order valence-corrected chi connectivity index (χ3v) is 2.62. The molecule has 0 aliphatic carbocycles. The van der Waals surface area contributed by atoms with E-state index in [1.807, 2.05) is 0 Å². The Hall–Kier alpha value is -2.49. The molecule has 2 amide bonds. The molecular formula is C13H15F3N2O5. The third kappa shape index (κ3) is 4.25. The van der Waals surface area contributed by atoms with Crippen molar-refractivity contribution < 1.29 is 37.3 Å². The van der Waals surface area contributed by atoms with Gasteiger partial charge in [-0.3, -0.25) is 5.32 Å². The number of hydrogen-bond acceptors (Lipinski definition) is 5. The van der Waals surface area contributed by atoms with Crippen molar-refractivity contribution in [2.24, 2.45) is 0 Å². The number of anilines is 1. The highest BCUT2D eigenvalue weighted by atomic mass is 19.4. The van der Waals surface area contributed by atoms with E-state index >= 15 is 0 Å². The molecule has 0 aliphatic heterocycles. The fourth-order valence-electron chi connectivity index (χ4n) is 1.55. The van der Waals surface area contributed by atoms with Crippen LogP contribution in [0.2, 0.25) is 0 Å². The standard InChI is InChI=1S/C13H15F3N2O5/c1-3-23-9-7-5-4-6-8(9)17-11(20)18-12(21,10(19)22-2)13(14,15)16/h4-7,21H,3H2,1-2H3,(H2,17,18,20). The molecule has 0 aromatic heterocycles. The Morgan fingerprint density at radius 3 is 2.39 bits per heavy atom. The zero-order valence-corrected chi connectivity index (χ0v) is 12.2. The van der Waals surface area contributed by atoms with Crippen LogP contribution in [0.3, 0.4) is 0 Å². The highest BCUT2D eigenvalue weighted by Crippen LogP contribution is 2.30. The Balaban J connectivity index is 2.96. The van der Waals surface area contributed by atoms with Gasteiger partial charge in [0.2, 0.25) is 0 Å². The van der Waals surface area contributed by atoms with E-state index in [9.17, 15) is 27.9 Å². The molecule has 0 spiro atoms. The fraction of sp³-hybridized carbons (Fsp3) is 0.385. The van der Waals surface area contributed by atoms with E-state index in [1.165, 1.54) is 18.2 Å². The lowest BCUT2D eigenvalue weighted by atomic mass is 10.2. The van der Waals surface area contributed by atoms with Crippen LogP contribution in [0, 0.1) is 0 Å². The largest absolute Gasteiger partial charge is 0.492 e. The van der Waals surface area contributed by atoms with Crippen LogP contribution in [0.5, 0.6) is 5.75 Å². The Kier molecular flexibility index (Phi) is 5.79. The molecule has 0 heterocycles. The van der Waals surface area contributed by atoms with Gasteiger partial charge in [0.1, 0.15) is 5.75 Å². The van der Waals surface area contributed by atoms with Crippen LogP contribution in [0.25, 0.3) is 0 Å². The van der Waals surface area contributed by atoms with Crippen molar-refractivity contribution in [3.05, 3.63) is 24.3 Å². The van der Waals surface area contributed by atoms with Crippen LogP contribution in [0.1, 0.15) is 6.92 Å². The number of ether oxygens (including phenoxy) is 2. The molecule has 1 unspecified atom stereocenters. The van der Waals surface area contributed by atoms with Gasteiger partial charge in [0, 0.05) is 0 Å². The first-order valence-corrected chi connectivity index (χ1v) is 6.34. The van der Waals surface area contributed by atoms with E-state index in [4.69, 9.17) is 4.74 Å². The van der Waals surface area contributed by atoms with E-state index < -0.39 is 23.9 Å². The summed E-state index contributed by atoms with van der Waals surface area (Å²) < 4.78 is 47.5. The molecule has 0 radical (unpaired) electrons. The predicted octanol–water partition coefficient (Wildman–Crippen LogP) is 1.63. The molecule has 0 saturated heterocycles. The summed E-state index contributed by atoms with van der Waals surface area (Å²) in [4.78, 5) is 22.9. The summed E-state index contributed by atoms with van der Waals surface area (Å²) in [6.45, 7) is 1.94. The number of nitrogens with one attached hydrogen (secondary N) is 2. The van der Waals surface area contributed by atoms with Crippen LogP contribution >= 0.6 is 0 Å². The molecule has 1 atom stereocenters. The quantitative estimate of drug-likeness (QED) is 0.561. The van der Waals surface area contributed by atoms with Gasteiger partial charge in [-0.25, -0.2) is 9.59 Å². The maximum atomic E-state index is 12.8. The van der Waals surface area contributed by atoms with Gasteiger partial charge in [-0.05, 0) is 19.1 Å². The van der Waals surface area contributed by atoms with Crippen molar-refractivity contribution in [1.82, 2.24) is 5.32 Å². The number of carbonyl (C=O) groups excluding carboxylic acids is 2. The van der Waals surface area contributed by atoms with E-state index in [1.54, 1.807) is 13.0 Å². The number of halogens is 3. The molecule has 23 heavy (non-hydrogen) atoms. The van der Waals surface area contributed by atoms with Crippen LogP contribution in [-0.4, -0.2) is 42.7 Å². The molecule has 1 aromatic carbocycles. The van der Waals surface area contributed by atoms with Crippen molar-refractivity contribution in [3.63, 3.8) is 0 Å². The molecule has 10 heteroatoms. The fourth-order valence-corrected chi connectivity index (χ4v) is 1.55. The number of benzene rings is 1. The Morgan fingerprint density at radius 1 is 1.26 bits per heavy atom. The smallest absolute Gasteiger partial charge is 0.448 e. The van der Waals surface area contributed by atoms with E-state index in [0.717, 1.165) is 5.32 Å². The van der Waals surface area contributed by atoms with E-state index in [-0.39, 0.29) is 18.0 Å². The van der Waals surface area contributed by atoms with Crippen LogP contribution in [-0.2, 0) is 9.53 Å². The summed E-state index contributed by atoms with van der Waals surface area (Å²) in [5.41, 5.74) is -4.12. The molecule has 0 fully saturated rings. The van der Waals surface area contributed by atoms with Crippen molar-refractivity contribution in [1.29, 1.82) is 0 Å². The SMILES string of the molecule is CCOc1ccccc1NC(=O)NC(O)(C(=O)OC)C(F)(F)F. The van der Waals surface area contributed by atoms with Crippen molar-refractivity contribution in [2.75, 3.05) is 19.0 Å². The second-order valence-electron chi connectivity index (χ2n) is 4.21. The maximum absolute atomic E-state index is 12.8. The van der Waals surface area contributed by atoms with Gasteiger partial charge in [-0.2, -0.15) is 13.2 Å². The first-order valence-electron chi connectivity index (χ1n) is 6.34. The zero-order valence-electron chi connectivity index (χ0n) is 12.2. The van der Waals surface area contributed by atoms with Gasteiger partial charge in [0.25, 0.3) is 0 Å². The van der Waals surface area contributed by atoms with Crippen molar-refractivity contribution in [2.45, 2.75) is 18.8 Å². The second-order valence-corrected chi connectivity index (χ2v) is 4.21.